The molecule has 0 saturated heterocycles. The number of carboxylic acids is 1. The Balaban J connectivity index is 1.99. The van der Waals surface area contributed by atoms with Gasteiger partial charge in [-0.25, -0.2) is 9.48 Å². The number of hydrogen-bond acceptors (Lipinski definition) is 11. The molecule has 2 aromatic carbocycles. The zero-order chi connectivity index (χ0) is 34.9. The molecule has 3 rings (SSSR count). The minimum absolute atomic E-state index is 0.0261. The lowest BCUT2D eigenvalue weighted by atomic mass is 10.2. The highest BCUT2D eigenvalue weighted by atomic mass is 35.5. The fourth-order valence-electron chi connectivity index (χ4n) is 4.32. The molecule has 0 radical (unpaired) electrons. The number of nitriles is 1. The zero-order valence-corrected chi connectivity index (χ0v) is 27.8. The standard InChI is InChI=1S/C27H29Cl2N7O9S2/c1-17(37)32-24-14-20(35(8-2-4-10-46(40,41)42)9-3-5-11-47(43,44)45)6-7-23(24)33-34-26-19(15-30)16-31-36(26)25-21(28)12-18(27(38)39)13-22(25)29/h6-7,12-14,16H,2-5,8-11H2,1H3,(H,32,37)(H,38,39)(H,40,41,42)(H,43,44,45). The van der Waals surface area contributed by atoms with E-state index < -0.39 is 43.6 Å². The van der Waals surface area contributed by atoms with Crippen LogP contribution in [0.4, 0.5) is 22.9 Å². The summed E-state index contributed by atoms with van der Waals surface area (Å²) < 4.78 is 63.8. The highest BCUT2D eigenvalue weighted by Crippen LogP contribution is 2.36. The van der Waals surface area contributed by atoms with Gasteiger partial charge in [-0.15, -0.1) is 10.2 Å². The van der Waals surface area contributed by atoms with Crippen molar-refractivity contribution in [3.8, 4) is 11.8 Å². The quantitative estimate of drug-likeness (QED) is 0.0837. The van der Waals surface area contributed by atoms with E-state index in [0.29, 0.717) is 31.6 Å². The fraction of sp³-hybridized carbons (Fsp3) is 0.333. The van der Waals surface area contributed by atoms with Crippen molar-refractivity contribution in [2.75, 3.05) is 34.8 Å². The van der Waals surface area contributed by atoms with Crippen LogP contribution in [0.5, 0.6) is 0 Å². The first-order valence-corrected chi connectivity index (χ1v) is 17.7. The van der Waals surface area contributed by atoms with E-state index >= 15 is 0 Å². The van der Waals surface area contributed by atoms with Crippen molar-refractivity contribution in [1.29, 1.82) is 5.26 Å². The Bertz CT molecular complexity index is 1880. The van der Waals surface area contributed by atoms with Crippen molar-refractivity contribution in [1.82, 2.24) is 9.78 Å². The molecule has 252 valence electrons. The van der Waals surface area contributed by atoms with E-state index in [1.165, 1.54) is 19.2 Å². The SMILES string of the molecule is CC(=O)Nc1cc(N(CCCCS(=O)(=O)O)CCCCS(=O)(=O)O)ccc1N=Nc1c(C#N)cnn1-c1c(Cl)cc(C(=O)O)cc1Cl. The van der Waals surface area contributed by atoms with Crippen LogP contribution < -0.4 is 10.2 Å². The van der Waals surface area contributed by atoms with Gasteiger partial charge in [0.05, 0.1) is 39.0 Å². The van der Waals surface area contributed by atoms with Gasteiger partial charge >= 0.3 is 5.97 Å². The number of nitrogens with zero attached hydrogens (tertiary/aromatic N) is 6. The lowest BCUT2D eigenvalue weighted by molar-refractivity contribution is -0.114. The average molecular weight is 731 g/mol. The summed E-state index contributed by atoms with van der Waals surface area (Å²) in [5.74, 6) is -2.70. The van der Waals surface area contributed by atoms with Gasteiger partial charge in [-0.3, -0.25) is 13.9 Å². The lowest BCUT2D eigenvalue weighted by Crippen LogP contribution is -2.26. The summed E-state index contributed by atoms with van der Waals surface area (Å²) >= 11 is 12.6. The van der Waals surface area contributed by atoms with Crippen LogP contribution in [0, 0.1) is 11.3 Å². The Morgan fingerprint density at radius 2 is 1.55 bits per heavy atom. The van der Waals surface area contributed by atoms with Crippen molar-refractivity contribution in [3.05, 3.63) is 57.7 Å². The molecule has 0 saturated carbocycles. The van der Waals surface area contributed by atoms with Gasteiger partial charge in [0.25, 0.3) is 20.2 Å². The number of azo groups is 1. The number of nitrogens with one attached hydrogen (secondary N) is 1. The van der Waals surface area contributed by atoms with Gasteiger partial charge in [0.1, 0.15) is 23.0 Å². The fourth-order valence-corrected chi connectivity index (χ4v) is 6.10. The van der Waals surface area contributed by atoms with Gasteiger partial charge in [-0.2, -0.15) is 27.2 Å². The predicted molar refractivity (Wildman–Crippen MR) is 174 cm³/mol. The summed E-state index contributed by atoms with van der Waals surface area (Å²) in [7, 11) is -8.32. The number of rotatable bonds is 16. The molecule has 16 nitrogen and oxygen atoms in total. The number of unbranched alkanes of at least 4 members (excludes halogenated alkanes) is 2. The average Bonchev–Trinajstić information content (AvgIpc) is 3.36. The molecule has 0 fully saturated rings. The summed E-state index contributed by atoms with van der Waals surface area (Å²) in [6.45, 7) is 1.87. The number of carbonyl (C=O) groups excluding carboxylic acids is 1. The Morgan fingerprint density at radius 1 is 0.979 bits per heavy atom. The molecule has 20 heteroatoms. The van der Waals surface area contributed by atoms with Crippen LogP contribution in [0.3, 0.4) is 0 Å². The Morgan fingerprint density at radius 3 is 2.04 bits per heavy atom. The van der Waals surface area contributed by atoms with Gasteiger partial charge in [0.2, 0.25) is 5.91 Å². The number of hydrogen-bond donors (Lipinski definition) is 4. The number of halogens is 2. The first kappa shape index (κ1) is 37.3. The minimum atomic E-state index is -4.16. The van der Waals surface area contributed by atoms with Crippen molar-refractivity contribution in [3.63, 3.8) is 0 Å². The van der Waals surface area contributed by atoms with Crippen molar-refractivity contribution in [2.45, 2.75) is 32.6 Å². The van der Waals surface area contributed by atoms with Crippen LogP contribution >= 0.6 is 23.2 Å². The van der Waals surface area contributed by atoms with E-state index in [2.05, 4.69) is 20.6 Å². The number of carboxylic acid groups (broad SMARTS) is 1. The number of carbonyl (C=O) groups is 2. The lowest BCUT2D eigenvalue weighted by Gasteiger charge is -2.26. The smallest absolute Gasteiger partial charge is 0.335 e. The van der Waals surface area contributed by atoms with E-state index in [1.54, 1.807) is 12.1 Å². The first-order chi connectivity index (χ1) is 22.0. The molecule has 1 heterocycles. The van der Waals surface area contributed by atoms with Crippen LogP contribution in [0.2, 0.25) is 10.0 Å². The maximum atomic E-state index is 12.1. The molecule has 0 bridgehead atoms. The molecule has 0 aliphatic carbocycles. The number of benzene rings is 2. The van der Waals surface area contributed by atoms with Gasteiger partial charge in [-0.1, -0.05) is 23.2 Å². The molecule has 47 heavy (non-hydrogen) atoms. The van der Waals surface area contributed by atoms with Crippen molar-refractivity contribution < 1.29 is 40.6 Å². The van der Waals surface area contributed by atoms with Crippen molar-refractivity contribution in [2.24, 2.45) is 10.2 Å². The predicted octanol–water partition coefficient (Wildman–Crippen LogP) is 5.27. The molecule has 0 aliphatic heterocycles. The molecule has 4 N–H and O–H groups in total. The number of aromatic carboxylic acids is 1. The molecular formula is C27H29Cl2N7O9S2. The van der Waals surface area contributed by atoms with Crippen molar-refractivity contribution >= 4 is 78.2 Å². The van der Waals surface area contributed by atoms with Gasteiger partial charge < -0.3 is 15.3 Å². The Kier molecular flexibility index (Phi) is 12.8. The molecule has 3 aromatic rings. The summed E-state index contributed by atoms with van der Waals surface area (Å²) in [4.78, 5) is 25.3. The number of anilines is 2. The summed E-state index contributed by atoms with van der Waals surface area (Å²) in [5, 5.41) is 34.0. The third kappa shape index (κ3) is 11.3. The number of aromatic nitrogens is 2. The van der Waals surface area contributed by atoms with Crippen LogP contribution in [-0.4, -0.2) is 77.3 Å². The summed E-state index contributed by atoms with van der Waals surface area (Å²) in [6.07, 6.45) is 2.16. The highest BCUT2D eigenvalue weighted by molar-refractivity contribution is 7.86. The van der Waals surface area contributed by atoms with Gasteiger partial charge in [0.15, 0.2) is 5.82 Å². The highest BCUT2D eigenvalue weighted by Gasteiger charge is 2.20. The van der Waals surface area contributed by atoms with Crippen LogP contribution in [0.25, 0.3) is 5.69 Å². The second-order valence-electron chi connectivity index (χ2n) is 10.1. The molecule has 0 spiro atoms. The van der Waals surface area contributed by atoms with E-state index in [-0.39, 0.29) is 56.9 Å². The third-order valence-corrected chi connectivity index (χ3v) is 8.59. The van der Waals surface area contributed by atoms with E-state index in [0.717, 1.165) is 16.8 Å². The monoisotopic (exact) mass is 729 g/mol. The Hall–Kier alpha value is -4.12. The van der Waals surface area contributed by atoms with Gasteiger partial charge in [0, 0.05) is 25.7 Å². The maximum Gasteiger partial charge on any atom is 0.335 e. The molecule has 1 aromatic heterocycles. The minimum Gasteiger partial charge on any atom is -0.478 e. The normalized spacial score (nSPS) is 11.8. The van der Waals surface area contributed by atoms with Gasteiger partial charge in [-0.05, 0) is 56.0 Å². The maximum absolute atomic E-state index is 12.1. The number of amides is 1. The molecule has 0 unspecified atom stereocenters. The molecule has 0 aliphatic rings. The third-order valence-electron chi connectivity index (χ3n) is 6.41. The second-order valence-corrected chi connectivity index (χ2v) is 14.0. The molecule has 0 atom stereocenters. The topological polar surface area (TPSA) is 245 Å². The van der Waals surface area contributed by atoms with E-state index in [9.17, 15) is 36.8 Å². The van der Waals surface area contributed by atoms with Crippen LogP contribution in [0.15, 0.2) is 46.8 Å². The Labute approximate surface area is 280 Å². The van der Waals surface area contributed by atoms with E-state index in [4.69, 9.17) is 32.3 Å². The largest absolute Gasteiger partial charge is 0.478 e. The first-order valence-electron chi connectivity index (χ1n) is 13.7. The second kappa shape index (κ2) is 16.1. The zero-order valence-electron chi connectivity index (χ0n) is 24.7. The molecule has 1 amide bonds. The van der Waals surface area contributed by atoms with Crippen LogP contribution in [0.1, 0.15) is 48.5 Å². The summed E-state index contributed by atoms with van der Waals surface area (Å²) in [6, 6.07) is 8.96. The van der Waals surface area contributed by atoms with E-state index in [1.807, 2.05) is 11.0 Å². The summed E-state index contributed by atoms with van der Waals surface area (Å²) in [5.41, 5.74) is 0.742. The van der Waals surface area contributed by atoms with Crippen LogP contribution in [-0.2, 0) is 25.0 Å². The molecular weight excluding hydrogens is 701 g/mol.